The second-order valence-electron chi connectivity index (χ2n) is 7.44. The fourth-order valence-electron chi connectivity index (χ4n) is 3.57. The minimum atomic E-state index is -4.75. The highest BCUT2D eigenvalue weighted by atomic mass is 32.2. The van der Waals surface area contributed by atoms with Gasteiger partial charge in [0.2, 0.25) is 0 Å². The van der Waals surface area contributed by atoms with Crippen molar-refractivity contribution < 1.29 is 25.9 Å². The molecule has 4 aromatic rings. The Morgan fingerprint density at radius 1 is 0.629 bits per heavy atom. The third kappa shape index (κ3) is 5.28. The number of rotatable bonds is 6. The van der Waals surface area contributed by atoms with Crippen molar-refractivity contribution in [3.63, 3.8) is 0 Å². The minimum Gasteiger partial charge on any atom is -0.398 e. The van der Waals surface area contributed by atoms with E-state index < -0.39 is 25.1 Å². The summed E-state index contributed by atoms with van der Waals surface area (Å²) in [5.74, 6) is 0. The van der Waals surface area contributed by atoms with Crippen molar-refractivity contribution in [2.75, 3.05) is 5.73 Å². The molecule has 11 heteroatoms. The van der Waals surface area contributed by atoms with Crippen LogP contribution in [0.4, 0.5) is 17.1 Å². The molecule has 178 valence electrons. The molecule has 0 saturated heterocycles. The molecular weight excluding hydrogens is 490 g/mol. The van der Waals surface area contributed by atoms with Crippen LogP contribution in [0.3, 0.4) is 0 Å². The summed E-state index contributed by atoms with van der Waals surface area (Å²) in [5, 5.41) is 9.72. The van der Waals surface area contributed by atoms with Gasteiger partial charge in [0.1, 0.15) is 15.5 Å². The lowest BCUT2D eigenvalue weighted by Crippen LogP contribution is -2.02. The molecular formula is C24H19N3O6S2. The Labute approximate surface area is 201 Å². The fraction of sp³-hybridized carbons (Fsp3) is 0. The number of benzene rings is 4. The number of azo groups is 1. The fourth-order valence-corrected chi connectivity index (χ4v) is 5.06. The SMILES string of the molecule is Nc1ccc(/N=N/c2cccc(/C=C/c3ccccc3S(=O)(=O)O)c2S(=O)(=O)O)c2ccccc12. The summed E-state index contributed by atoms with van der Waals surface area (Å²) in [4.78, 5) is -0.861. The molecule has 0 aromatic heterocycles. The van der Waals surface area contributed by atoms with Gasteiger partial charge >= 0.3 is 0 Å². The Kier molecular flexibility index (Phi) is 6.50. The summed E-state index contributed by atoms with van der Waals surface area (Å²) in [5.41, 5.74) is 7.04. The minimum absolute atomic E-state index is 0.0382. The molecule has 0 heterocycles. The van der Waals surface area contributed by atoms with Crippen molar-refractivity contribution in [3.8, 4) is 0 Å². The summed E-state index contributed by atoms with van der Waals surface area (Å²) in [6.07, 6.45) is 2.60. The maximum Gasteiger partial charge on any atom is 0.297 e. The molecule has 0 aliphatic heterocycles. The molecule has 0 atom stereocenters. The molecule has 9 nitrogen and oxygen atoms in total. The smallest absolute Gasteiger partial charge is 0.297 e. The van der Waals surface area contributed by atoms with Crippen LogP contribution in [0.2, 0.25) is 0 Å². The molecule has 4 N–H and O–H groups in total. The van der Waals surface area contributed by atoms with Crippen LogP contribution in [-0.2, 0) is 20.2 Å². The molecule has 0 aliphatic rings. The van der Waals surface area contributed by atoms with Crippen LogP contribution < -0.4 is 5.73 Å². The highest BCUT2D eigenvalue weighted by Crippen LogP contribution is 2.34. The van der Waals surface area contributed by atoms with Gasteiger partial charge in [-0.2, -0.15) is 16.8 Å². The van der Waals surface area contributed by atoms with Crippen molar-refractivity contribution in [1.82, 2.24) is 0 Å². The Hall–Kier alpha value is -3.90. The molecule has 0 unspecified atom stereocenters. The maximum absolute atomic E-state index is 12.2. The van der Waals surface area contributed by atoms with Gasteiger partial charge in [-0.1, -0.05) is 66.7 Å². The van der Waals surface area contributed by atoms with Crippen LogP contribution in [-0.4, -0.2) is 25.9 Å². The molecule has 0 fully saturated rings. The molecule has 0 radical (unpaired) electrons. The normalized spacial score (nSPS) is 12.6. The van der Waals surface area contributed by atoms with Crippen molar-refractivity contribution in [2.45, 2.75) is 9.79 Å². The van der Waals surface area contributed by atoms with Gasteiger partial charge in [-0.05, 0) is 35.4 Å². The number of hydrogen-bond donors (Lipinski definition) is 3. The number of anilines is 1. The van der Waals surface area contributed by atoms with Gasteiger partial charge in [-0.15, -0.1) is 10.2 Å². The van der Waals surface area contributed by atoms with Gasteiger partial charge in [-0.3, -0.25) is 9.11 Å². The maximum atomic E-state index is 12.2. The number of fused-ring (bicyclic) bond motifs is 1. The summed E-state index contributed by atoms with van der Waals surface area (Å²) in [6.45, 7) is 0. The molecule has 0 spiro atoms. The van der Waals surface area contributed by atoms with E-state index in [0.717, 1.165) is 5.39 Å². The standard InChI is InChI=1S/C24H19N3O6S2/c25-20-14-15-21(19-9-3-2-8-18(19)20)26-27-22-10-5-7-17(24(22)35(31,32)33)13-12-16-6-1-4-11-23(16)34(28,29)30/h1-15H,25H2,(H,28,29,30)(H,31,32,33)/b13-12+,27-26+. The molecule has 0 amide bonds. The largest absolute Gasteiger partial charge is 0.398 e. The van der Waals surface area contributed by atoms with Gasteiger partial charge in [-0.25, -0.2) is 0 Å². The predicted molar refractivity (Wildman–Crippen MR) is 134 cm³/mol. The van der Waals surface area contributed by atoms with E-state index in [2.05, 4.69) is 10.2 Å². The quantitative estimate of drug-likeness (QED) is 0.134. The van der Waals surface area contributed by atoms with Crippen LogP contribution in [0.1, 0.15) is 11.1 Å². The molecule has 4 aromatic carbocycles. The van der Waals surface area contributed by atoms with E-state index in [9.17, 15) is 25.9 Å². The van der Waals surface area contributed by atoms with Crippen molar-refractivity contribution >= 4 is 60.2 Å². The number of nitrogens with two attached hydrogens (primary N) is 1. The zero-order chi connectivity index (χ0) is 25.2. The Balaban J connectivity index is 1.81. The lowest BCUT2D eigenvalue weighted by Gasteiger charge is -2.08. The number of nitrogen functional groups attached to an aromatic ring is 1. The first-order valence-electron chi connectivity index (χ1n) is 10.1. The third-order valence-corrected chi connectivity index (χ3v) is 7.01. The van der Waals surface area contributed by atoms with Gasteiger partial charge in [0.05, 0.1) is 5.69 Å². The van der Waals surface area contributed by atoms with E-state index in [1.54, 1.807) is 30.3 Å². The first kappa shape index (κ1) is 24.2. The van der Waals surface area contributed by atoms with Gasteiger partial charge < -0.3 is 5.73 Å². The van der Waals surface area contributed by atoms with Gasteiger partial charge in [0.25, 0.3) is 20.2 Å². The summed E-state index contributed by atoms with van der Waals surface area (Å²) < 4.78 is 67.1. The predicted octanol–water partition coefficient (Wildman–Crippen LogP) is 5.50. The van der Waals surface area contributed by atoms with Crippen LogP contribution >= 0.6 is 0 Å². The van der Waals surface area contributed by atoms with Crippen molar-refractivity contribution in [2.24, 2.45) is 10.2 Å². The van der Waals surface area contributed by atoms with Crippen molar-refractivity contribution in [1.29, 1.82) is 0 Å². The first-order valence-corrected chi connectivity index (χ1v) is 13.0. The van der Waals surface area contributed by atoms with Crippen LogP contribution in [0.15, 0.2) is 98.9 Å². The molecule has 4 rings (SSSR count). The Morgan fingerprint density at radius 2 is 1.23 bits per heavy atom. The van der Waals surface area contributed by atoms with E-state index >= 15 is 0 Å². The lowest BCUT2D eigenvalue weighted by atomic mass is 10.1. The van der Waals surface area contributed by atoms with E-state index in [4.69, 9.17) is 5.73 Å². The highest BCUT2D eigenvalue weighted by Gasteiger charge is 2.20. The van der Waals surface area contributed by atoms with E-state index in [1.807, 2.05) is 12.1 Å². The van der Waals surface area contributed by atoms with E-state index in [-0.39, 0.29) is 21.7 Å². The summed E-state index contributed by atoms with van der Waals surface area (Å²) >= 11 is 0. The molecule has 0 saturated carbocycles. The zero-order valence-electron chi connectivity index (χ0n) is 18.0. The first-order chi connectivity index (χ1) is 16.6. The monoisotopic (exact) mass is 509 g/mol. The molecule has 35 heavy (non-hydrogen) atoms. The average Bonchev–Trinajstić information content (AvgIpc) is 2.81. The average molecular weight is 510 g/mol. The van der Waals surface area contributed by atoms with Crippen molar-refractivity contribution in [3.05, 3.63) is 90.0 Å². The van der Waals surface area contributed by atoms with Gasteiger partial charge in [0.15, 0.2) is 0 Å². The second-order valence-corrected chi connectivity index (χ2v) is 10.2. The topological polar surface area (TPSA) is 159 Å². The summed E-state index contributed by atoms with van der Waals surface area (Å²) in [6, 6.07) is 20.5. The highest BCUT2D eigenvalue weighted by molar-refractivity contribution is 7.86. The molecule has 0 aliphatic carbocycles. The number of hydrogen-bond acceptors (Lipinski definition) is 7. The van der Waals surface area contributed by atoms with E-state index in [0.29, 0.717) is 16.8 Å². The lowest BCUT2D eigenvalue weighted by molar-refractivity contribution is 0.480. The Bertz CT molecular complexity index is 1710. The third-order valence-electron chi connectivity index (χ3n) is 5.12. The van der Waals surface area contributed by atoms with Gasteiger partial charge in [0, 0.05) is 16.5 Å². The molecule has 0 bridgehead atoms. The summed E-state index contributed by atoms with van der Waals surface area (Å²) in [7, 11) is -9.26. The van der Waals surface area contributed by atoms with E-state index in [1.165, 1.54) is 48.6 Å². The Morgan fingerprint density at radius 3 is 1.94 bits per heavy atom. The zero-order valence-corrected chi connectivity index (χ0v) is 19.6. The number of nitrogens with zero attached hydrogens (tertiary/aromatic N) is 2. The van der Waals surface area contributed by atoms with Crippen LogP contribution in [0.5, 0.6) is 0 Å². The van der Waals surface area contributed by atoms with Crippen LogP contribution in [0, 0.1) is 0 Å². The second kappa shape index (κ2) is 9.39. The van der Waals surface area contributed by atoms with Crippen LogP contribution in [0.25, 0.3) is 22.9 Å².